The van der Waals surface area contributed by atoms with Crippen LogP contribution < -0.4 is 5.84 Å². The first-order valence-corrected chi connectivity index (χ1v) is 8.48. The van der Waals surface area contributed by atoms with Crippen molar-refractivity contribution in [2.75, 3.05) is 6.54 Å². The highest BCUT2D eigenvalue weighted by Gasteiger charge is 2.14. The molecule has 0 saturated heterocycles. The first-order chi connectivity index (χ1) is 10.8. The van der Waals surface area contributed by atoms with Crippen LogP contribution in [0, 0.1) is 5.92 Å². The van der Waals surface area contributed by atoms with Gasteiger partial charge in [0.25, 0.3) is 0 Å². The number of hydrogen-bond acceptors (Lipinski definition) is 3. The molecule has 4 heteroatoms. The molecule has 0 unspecified atom stereocenters. The molecule has 1 aromatic carbocycles. The first-order valence-electron chi connectivity index (χ1n) is 8.48. The van der Waals surface area contributed by atoms with Gasteiger partial charge in [-0.1, -0.05) is 75.3 Å². The van der Waals surface area contributed by atoms with Gasteiger partial charge in [0, 0.05) is 6.54 Å². The number of hydrazine groups is 1. The number of hydrogen-bond donors (Lipinski definition) is 1. The molecule has 1 aliphatic rings. The number of unbranched alkanes of at least 4 members (excludes halogenated alkanes) is 1. The van der Waals surface area contributed by atoms with Crippen LogP contribution in [0.1, 0.15) is 56.9 Å². The lowest BCUT2D eigenvalue weighted by molar-refractivity contribution is 0.0954. The molecule has 0 spiro atoms. The lowest BCUT2D eigenvalue weighted by atomic mass is 9.86. The summed E-state index contributed by atoms with van der Waals surface area (Å²) in [6.07, 6.45) is 9.86. The Kier molecular flexibility index (Phi) is 7.23. The SMILES string of the molecule is NN(CCCCC1CCCCC1)C(=O)OCc1ccccc1. The Labute approximate surface area is 133 Å². The zero-order valence-electron chi connectivity index (χ0n) is 13.4. The third kappa shape index (κ3) is 6.06. The molecular weight excluding hydrogens is 276 g/mol. The number of benzene rings is 1. The van der Waals surface area contributed by atoms with Crippen molar-refractivity contribution in [2.45, 2.75) is 58.0 Å². The summed E-state index contributed by atoms with van der Waals surface area (Å²) in [4.78, 5) is 11.8. The van der Waals surface area contributed by atoms with Crippen LogP contribution in [0.15, 0.2) is 30.3 Å². The average Bonchev–Trinajstić information content (AvgIpc) is 2.58. The van der Waals surface area contributed by atoms with Crippen molar-refractivity contribution in [3.05, 3.63) is 35.9 Å². The highest BCUT2D eigenvalue weighted by Crippen LogP contribution is 2.27. The van der Waals surface area contributed by atoms with Crippen LogP contribution in [0.3, 0.4) is 0 Å². The van der Waals surface area contributed by atoms with Crippen LogP contribution >= 0.6 is 0 Å². The van der Waals surface area contributed by atoms with E-state index in [2.05, 4.69) is 0 Å². The van der Waals surface area contributed by atoms with Gasteiger partial charge in [0.1, 0.15) is 6.61 Å². The summed E-state index contributed by atoms with van der Waals surface area (Å²) in [5.74, 6) is 6.65. The summed E-state index contributed by atoms with van der Waals surface area (Å²) >= 11 is 0. The molecule has 122 valence electrons. The zero-order chi connectivity index (χ0) is 15.6. The zero-order valence-corrected chi connectivity index (χ0v) is 13.4. The Bertz CT molecular complexity index is 430. The molecule has 4 nitrogen and oxygen atoms in total. The molecule has 1 fully saturated rings. The normalized spacial score (nSPS) is 15.5. The van der Waals surface area contributed by atoms with Crippen LogP contribution in [0.4, 0.5) is 4.79 Å². The van der Waals surface area contributed by atoms with Crippen LogP contribution in [0.5, 0.6) is 0 Å². The lowest BCUT2D eigenvalue weighted by Gasteiger charge is -2.22. The standard InChI is InChI=1S/C18H28N2O2/c19-20(14-8-7-11-16-9-3-1-4-10-16)18(21)22-15-17-12-5-2-6-13-17/h2,5-6,12-13,16H,1,3-4,7-11,14-15,19H2. The van der Waals surface area contributed by atoms with Crippen molar-refractivity contribution >= 4 is 6.09 Å². The number of ether oxygens (including phenoxy) is 1. The van der Waals surface area contributed by atoms with E-state index in [0.29, 0.717) is 6.54 Å². The van der Waals surface area contributed by atoms with Gasteiger partial charge in [-0.3, -0.25) is 0 Å². The largest absolute Gasteiger partial charge is 0.444 e. The summed E-state index contributed by atoms with van der Waals surface area (Å²) in [6.45, 7) is 0.843. The average molecular weight is 304 g/mol. The number of carbonyl (C=O) groups excluding carboxylic acids is 1. The van der Waals surface area contributed by atoms with E-state index in [1.54, 1.807) is 0 Å². The van der Waals surface area contributed by atoms with E-state index in [9.17, 15) is 4.79 Å². The molecule has 0 bridgehead atoms. The summed E-state index contributed by atoms with van der Waals surface area (Å²) in [7, 11) is 0. The lowest BCUT2D eigenvalue weighted by Crippen LogP contribution is -2.38. The van der Waals surface area contributed by atoms with Crippen LogP contribution in [0.25, 0.3) is 0 Å². The Balaban J connectivity index is 1.56. The Morgan fingerprint density at radius 2 is 1.86 bits per heavy atom. The summed E-state index contributed by atoms with van der Waals surface area (Å²) in [5.41, 5.74) is 0.974. The fraction of sp³-hybridized carbons (Fsp3) is 0.611. The van der Waals surface area contributed by atoms with E-state index in [-0.39, 0.29) is 6.61 Å². The molecule has 0 aromatic heterocycles. The van der Waals surface area contributed by atoms with Crippen LogP contribution in [-0.2, 0) is 11.3 Å². The van der Waals surface area contributed by atoms with E-state index in [4.69, 9.17) is 10.6 Å². The van der Waals surface area contributed by atoms with E-state index < -0.39 is 6.09 Å². The quantitative estimate of drug-likeness (QED) is 0.354. The summed E-state index contributed by atoms with van der Waals surface area (Å²) in [6, 6.07) is 9.65. The Hall–Kier alpha value is -1.55. The number of carbonyl (C=O) groups is 1. The molecule has 2 N–H and O–H groups in total. The van der Waals surface area contributed by atoms with E-state index in [1.807, 2.05) is 30.3 Å². The third-order valence-electron chi connectivity index (χ3n) is 4.43. The number of amides is 1. The molecular formula is C18H28N2O2. The molecule has 1 aromatic rings. The van der Waals surface area contributed by atoms with Gasteiger partial charge >= 0.3 is 6.09 Å². The van der Waals surface area contributed by atoms with Crippen molar-refractivity contribution in [1.29, 1.82) is 0 Å². The van der Waals surface area contributed by atoms with E-state index in [1.165, 1.54) is 43.5 Å². The van der Waals surface area contributed by atoms with Gasteiger partial charge < -0.3 is 4.74 Å². The van der Waals surface area contributed by atoms with Gasteiger partial charge in [0.2, 0.25) is 0 Å². The van der Waals surface area contributed by atoms with Gasteiger partial charge in [-0.05, 0) is 17.9 Å². The Morgan fingerprint density at radius 3 is 2.59 bits per heavy atom. The second kappa shape index (κ2) is 9.46. The maximum atomic E-state index is 11.8. The molecule has 22 heavy (non-hydrogen) atoms. The topological polar surface area (TPSA) is 55.6 Å². The number of nitrogens with two attached hydrogens (primary N) is 1. The summed E-state index contributed by atoms with van der Waals surface area (Å²) in [5, 5.41) is 1.20. The number of rotatable bonds is 7. The minimum atomic E-state index is -0.443. The fourth-order valence-corrected chi connectivity index (χ4v) is 3.08. The minimum absolute atomic E-state index is 0.273. The van der Waals surface area contributed by atoms with Crippen molar-refractivity contribution < 1.29 is 9.53 Å². The molecule has 1 amide bonds. The molecule has 2 rings (SSSR count). The second-order valence-corrected chi connectivity index (χ2v) is 6.23. The van der Waals surface area contributed by atoms with Gasteiger partial charge in [0.15, 0.2) is 0 Å². The highest BCUT2D eigenvalue weighted by atomic mass is 16.6. The number of nitrogens with zero attached hydrogens (tertiary/aromatic N) is 1. The van der Waals surface area contributed by atoms with Crippen LogP contribution in [0.2, 0.25) is 0 Å². The minimum Gasteiger partial charge on any atom is -0.444 e. The Morgan fingerprint density at radius 1 is 1.14 bits per heavy atom. The van der Waals surface area contributed by atoms with Crippen molar-refractivity contribution in [3.63, 3.8) is 0 Å². The van der Waals surface area contributed by atoms with E-state index >= 15 is 0 Å². The molecule has 0 atom stereocenters. The predicted molar refractivity (Wildman–Crippen MR) is 87.9 cm³/mol. The van der Waals surface area contributed by atoms with Gasteiger partial charge in [-0.25, -0.2) is 15.6 Å². The fourth-order valence-electron chi connectivity index (χ4n) is 3.08. The monoisotopic (exact) mass is 304 g/mol. The van der Waals surface area contributed by atoms with Crippen molar-refractivity contribution in [2.24, 2.45) is 11.8 Å². The third-order valence-corrected chi connectivity index (χ3v) is 4.43. The molecule has 1 aliphatic carbocycles. The predicted octanol–water partition coefficient (Wildman–Crippen LogP) is 4.25. The maximum absolute atomic E-state index is 11.8. The van der Waals surface area contributed by atoms with Crippen molar-refractivity contribution in [1.82, 2.24) is 5.01 Å². The van der Waals surface area contributed by atoms with Crippen LogP contribution in [-0.4, -0.2) is 17.6 Å². The molecule has 0 aliphatic heterocycles. The van der Waals surface area contributed by atoms with Crippen molar-refractivity contribution in [3.8, 4) is 0 Å². The van der Waals surface area contributed by atoms with E-state index in [0.717, 1.165) is 24.3 Å². The maximum Gasteiger partial charge on any atom is 0.424 e. The molecule has 1 saturated carbocycles. The first kappa shape index (κ1) is 16.8. The summed E-state index contributed by atoms with van der Waals surface area (Å²) < 4.78 is 5.20. The van der Waals surface area contributed by atoms with Gasteiger partial charge in [-0.2, -0.15) is 0 Å². The van der Waals surface area contributed by atoms with Gasteiger partial charge in [0.05, 0.1) is 0 Å². The smallest absolute Gasteiger partial charge is 0.424 e. The van der Waals surface area contributed by atoms with Gasteiger partial charge in [-0.15, -0.1) is 0 Å². The molecule has 0 heterocycles. The highest BCUT2D eigenvalue weighted by molar-refractivity contribution is 5.66. The second-order valence-electron chi connectivity index (χ2n) is 6.23. The molecule has 0 radical (unpaired) electrons.